The molecule has 0 aliphatic carbocycles. The van der Waals surface area contributed by atoms with Gasteiger partial charge in [-0.05, 0) is 31.7 Å². The standard InChI is InChI=1S/C17H18N3O3.Li/c1-12(19-7-6-13(10-18)17(21)22)15-11-20-14-5-3-2-4-8-23-16(15)9-14;/h1,7,10-11,14H,2-5,8-9H2,(H,21,22);/q-3;+1. The normalized spacial score (nSPS) is 21.2. The van der Waals surface area contributed by atoms with Crippen LogP contribution in [0, 0.1) is 12.7 Å². The number of carboxylic acids is 1. The third-order valence-electron chi connectivity index (χ3n) is 3.65. The number of aliphatic imine (C=N–C) groups is 2. The van der Waals surface area contributed by atoms with Crippen molar-refractivity contribution in [1.29, 1.82) is 0 Å². The number of carbonyl (C=O) groups is 1. The van der Waals surface area contributed by atoms with Crippen molar-refractivity contribution in [3.05, 3.63) is 40.7 Å². The maximum atomic E-state index is 10.7. The number of nitrogens with zero attached hydrogens (tertiary/aromatic N) is 3. The van der Waals surface area contributed by atoms with Crippen LogP contribution in [-0.2, 0) is 9.53 Å². The Labute approximate surface area is 153 Å². The molecule has 2 bridgehead atoms. The van der Waals surface area contributed by atoms with Crippen LogP contribution in [0.2, 0.25) is 0 Å². The van der Waals surface area contributed by atoms with Gasteiger partial charge < -0.3 is 36.2 Å². The summed E-state index contributed by atoms with van der Waals surface area (Å²) in [6.45, 7) is 6.58. The molecule has 0 aromatic carbocycles. The number of carboxylic acid groups (broad SMARTS) is 1. The van der Waals surface area contributed by atoms with E-state index in [1.165, 1.54) is 0 Å². The minimum Gasteiger partial charge on any atom is -0.878 e. The SMILES string of the molecule is [CH-]=C(N=C[C-]=C(C=[N-])C(=O)O)C1=C2CC(CCCCCO2)N=C1.[Li+]. The Hall–Kier alpha value is -1.90. The summed E-state index contributed by atoms with van der Waals surface area (Å²) in [6, 6.07) is 0.220. The molecule has 2 heterocycles. The van der Waals surface area contributed by atoms with Crippen LogP contribution in [0.1, 0.15) is 32.1 Å². The molecule has 0 spiro atoms. The predicted molar refractivity (Wildman–Crippen MR) is 88.5 cm³/mol. The van der Waals surface area contributed by atoms with Crippen molar-refractivity contribution in [2.45, 2.75) is 38.1 Å². The van der Waals surface area contributed by atoms with Crippen molar-refractivity contribution in [2.24, 2.45) is 9.98 Å². The van der Waals surface area contributed by atoms with Gasteiger partial charge >= 0.3 is 18.9 Å². The van der Waals surface area contributed by atoms with Crippen molar-refractivity contribution in [3.63, 3.8) is 0 Å². The Morgan fingerprint density at radius 1 is 1.50 bits per heavy atom. The molecule has 1 atom stereocenters. The summed E-state index contributed by atoms with van der Waals surface area (Å²) in [5.74, 6) is -0.529. The second-order valence-corrected chi connectivity index (χ2v) is 5.31. The molecule has 2 rings (SSSR count). The topological polar surface area (TPSA) is 93.5 Å². The van der Waals surface area contributed by atoms with Gasteiger partial charge in [-0.2, -0.15) is 6.08 Å². The van der Waals surface area contributed by atoms with Gasteiger partial charge in [0, 0.05) is 12.2 Å². The fourth-order valence-corrected chi connectivity index (χ4v) is 2.40. The van der Waals surface area contributed by atoms with Gasteiger partial charge in [-0.15, -0.1) is 11.3 Å². The predicted octanol–water partition coefficient (Wildman–Crippen LogP) is -0.480. The summed E-state index contributed by atoms with van der Waals surface area (Å²) >= 11 is 0. The first-order valence-corrected chi connectivity index (χ1v) is 7.50. The number of hydrogen-bond acceptors (Lipinski definition) is 4. The first-order chi connectivity index (χ1) is 11.1. The smallest absolute Gasteiger partial charge is 0.878 e. The van der Waals surface area contributed by atoms with Crippen LogP contribution in [0.15, 0.2) is 32.6 Å². The Balaban J connectivity index is 0.00000288. The molecule has 1 saturated heterocycles. The summed E-state index contributed by atoms with van der Waals surface area (Å²) in [5, 5.41) is 17.5. The molecule has 0 aromatic rings. The molecule has 24 heavy (non-hydrogen) atoms. The number of aliphatic carboxylic acids is 1. The number of fused-ring (bicyclic) bond motifs is 2. The summed E-state index contributed by atoms with van der Waals surface area (Å²) in [4.78, 5) is 19.1. The number of dihydropyridines is 1. The maximum Gasteiger partial charge on any atom is 1.00 e. The van der Waals surface area contributed by atoms with Crippen LogP contribution < -0.4 is 18.9 Å². The summed E-state index contributed by atoms with van der Waals surface area (Å²) < 4.78 is 5.80. The average Bonchev–Trinajstić information content (AvgIpc) is 2.62. The second kappa shape index (κ2) is 10.1. The van der Waals surface area contributed by atoms with Crippen LogP contribution in [0.4, 0.5) is 0 Å². The molecule has 0 radical (unpaired) electrons. The van der Waals surface area contributed by atoms with E-state index in [-0.39, 0.29) is 30.6 Å². The first kappa shape index (κ1) is 20.1. The van der Waals surface area contributed by atoms with Crippen molar-refractivity contribution < 1.29 is 33.5 Å². The Kier molecular flexibility index (Phi) is 8.45. The van der Waals surface area contributed by atoms with Crippen LogP contribution in [0.25, 0.3) is 5.41 Å². The molecule has 7 heteroatoms. The summed E-state index contributed by atoms with van der Waals surface area (Å²) in [5.41, 5.74) is 0.387. The molecule has 122 valence electrons. The van der Waals surface area contributed by atoms with E-state index in [2.05, 4.69) is 16.1 Å². The molecule has 1 fully saturated rings. The van der Waals surface area contributed by atoms with Crippen LogP contribution >= 0.6 is 0 Å². The van der Waals surface area contributed by atoms with Crippen molar-refractivity contribution in [2.75, 3.05) is 6.61 Å². The van der Waals surface area contributed by atoms with Gasteiger partial charge in [-0.3, -0.25) is 6.58 Å². The third-order valence-corrected chi connectivity index (χ3v) is 3.65. The van der Waals surface area contributed by atoms with Crippen molar-refractivity contribution >= 4 is 24.6 Å². The van der Waals surface area contributed by atoms with E-state index >= 15 is 0 Å². The van der Waals surface area contributed by atoms with Gasteiger partial charge in [-0.25, -0.2) is 0 Å². The molecule has 0 saturated carbocycles. The van der Waals surface area contributed by atoms with E-state index in [0.717, 1.165) is 37.7 Å². The molecule has 2 aliphatic heterocycles. The Morgan fingerprint density at radius 3 is 3.00 bits per heavy atom. The zero-order valence-electron chi connectivity index (χ0n) is 13.7. The molecular formula is C17H18LiN3O3-2. The Morgan fingerprint density at radius 2 is 2.29 bits per heavy atom. The zero-order chi connectivity index (χ0) is 16.7. The minimum absolute atomic E-state index is 0. The average molecular weight is 319 g/mol. The number of allylic oxidation sites excluding steroid dienone is 2. The van der Waals surface area contributed by atoms with E-state index < -0.39 is 11.5 Å². The van der Waals surface area contributed by atoms with E-state index in [0.29, 0.717) is 24.8 Å². The molecular weight excluding hydrogens is 301 g/mol. The van der Waals surface area contributed by atoms with Gasteiger partial charge in [0.25, 0.3) is 0 Å². The van der Waals surface area contributed by atoms with Gasteiger partial charge in [0.2, 0.25) is 5.97 Å². The van der Waals surface area contributed by atoms with E-state index in [1.807, 2.05) is 0 Å². The fraction of sp³-hybridized carbons (Fsp3) is 0.412. The third kappa shape index (κ3) is 5.63. The largest absolute Gasteiger partial charge is 1.00 e. The van der Waals surface area contributed by atoms with Gasteiger partial charge in [0.15, 0.2) is 0 Å². The van der Waals surface area contributed by atoms with Gasteiger partial charge in [-0.1, -0.05) is 12.0 Å². The molecule has 6 nitrogen and oxygen atoms in total. The second-order valence-electron chi connectivity index (χ2n) is 5.31. The van der Waals surface area contributed by atoms with Gasteiger partial charge in [0.1, 0.15) is 0 Å². The minimum atomic E-state index is -1.30. The maximum absolute atomic E-state index is 10.7. The van der Waals surface area contributed by atoms with Crippen LogP contribution in [0.5, 0.6) is 0 Å². The molecule has 0 amide bonds. The quantitative estimate of drug-likeness (QED) is 0.321. The van der Waals surface area contributed by atoms with Gasteiger partial charge in [0.05, 0.1) is 12.6 Å². The molecule has 1 unspecified atom stereocenters. The number of rotatable bonds is 5. The zero-order valence-corrected chi connectivity index (χ0v) is 13.7. The van der Waals surface area contributed by atoms with E-state index in [9.17, 15) is 4.79 Å². The van der Waals surface area contributed by atoms with Crippen LogP contribution in [-0.4, -0.2) is 42.4 Å². The first-order valence-electron chi connectivity index (χ1n) is 7.50. The molecule has 1 N–H and O–H groups in total. The fourth-order valence-electron chi connectivity index (χ4n) is 2.40. The van der Waals surface area contributed by atoms with E-state index in [4.69, 9.17) is 21.8 Å². The van der Waals surface area contributed by atoms with E-state index in [1.54, 1.807) is 6.21 Å². The monoisotopic (exact) mass is 319 g/mol. The number of ether oxygens (including phenoxy) is 1. The Bertz CT molecular complexity index is 621. The van der Waals surface area contributed by atoms with Crippen LogP contribution in [0.3, 0.4) is 0 Å². The number of hydrogen-bond donors (Lipinski definition) is 1. The van der Waals surface area contributed by atoms with Crippen molar-refractivity contribution in [1.82, 2.24) is 0 Å². The van der Waals surface area contributed by atoms with Crippen molar-refractivity contribution in [3.8, 4) is 0 Å². The molecule has 2 aliphatic rings. The molecule has 0 aromatic heterocycles. The summed E-state index contributed by atoms with van der Waals surface area (Å²) in [6.07, 6.45) is 10.6. The summed E-state index contributed by atoms with van der Waals surface area (Å²) in [7, 11) is 0.